The first-order valence-corrected chi connectivity index (χ1v) is 8.44. The number of halogens is 3. The molecule has 1 atom stereocenters. The number of carbonyl (C=O) groups is 2. The number of esters is 1. The summed E-state index contributed by atoms with van der Waals surface area (Å²) >= 11 is 11.9. The lowest BCUT2D eigenvalue weighted by Crippen LogP contribution is -2.29. The van der Waals surface area contributed by atoms with Crippen LogP contribution in [0.2, 0.25) is 10.0 Å². The second kappa shape index (κ2) is 8.83. The van der Waals surface area contributed by atoms with Gasteiger partial charge in [-0.25, -0.2) is 9.18 Å². The van der Waals surface area contributed by atoms with E-state index in [9.17, 15) is 14.0 Å². The lowest BCUT2D eigenvalue weighted by atomic mass is 10.2. The SMILES string of the molecule is Cc1c(Cl)cccc1NC(=O)[C@H](C)OC(=O)/C=C/c1c(F)cccc1Cl. The Morgan fingerprint density at radius 3 is 2.50 bits per heavy atom. The van der Waals surface area contributed by atoms with Crippen LogP contribution in [-0.4, -0.2) is 18.0 Å². The van der Waals surface area contributed by atoms with Crippen LogP contribution in [-0.2, 0) is 14.3 Å². The number of ether oxygens (including phenoxy) is 1. The zero-order chi connectivity index (χ0) is 19.3. The Kier molecular flexibility index (Phi) is 6.77. The van der Waals surface area contributed by atoms with Crippen LogP contribution in [0.1, 0.15) is 18.1 Å². The average Bonchev–Trinajstić information content (AvgIpc) is 2.58. The zero-order valence-electron chi connectivity index (χ0n) is 14.1. The van der Waals surface area contributed by atoms with Crippen LogP contribution in [0.15, 0.2) is 42.5 Å². The van der Waals surface area contributed by atoms with Crippen LogP contribution in [0, 0.1) is 12.7 Å². The van der Waals surface area contributed by atoms with Crippen molar-refractivity contribution in [3.8, 4) is 0 Å². The molecule has 1 N–H and O–H groups in total. The molecule has 136 valence electrons. The first-order chi connectivity index (χ1) is 12.3. The van der Waals surface area contributed by atoms with Crippen molar-refractivity contribution < 1.29 is 18.7 Å². The van der Waals surface area contributed by atoms with Gasteiger partial charge in [0.15, 0.2) is 6.10 Å². The van der Waals surface area contributed by atoms with Gasteiger partial charge in [0, 0.05) is 22.3 Å². The molecule has 2 aromatic carbocycles. The van der Waals surface area contributed by atoms with Crippen molar-refractivity contribution in [2.24, 2.45) is 0 Å². The Bertz CT molecular complexity index is 848. The smallest absolute Gasteiger partial charge is 0.331 e. The van der Waals surface area contributed by atoms with Gasteiger partial charge in [0.05, 0.1) is 5.02 Å². The quantitative estimate of drug-likeness (QED) is 0.570. The van der Waals surface area contributed by atoms with E-state index in [0.717, 1.165) is 6.08 Å². The van der Waals surface area contributed by atoms with Gasteiger partial charge in [-0.2, -0.15) is 0 Å². The molecule has 0 heterocycles. The minimum Gasteiger partial charge on any atom is -0.449 e. The molecule has 26 heavy (non-hydrogen) atoms. The second-order valence-electron chi connectivity index (χ2n) is 5.45. The number of rotatable bonds is 5. The van der Waals surface area contributed by atoms with Crippen molar-refractivity contribution in [1.82, 2.24) is 0 Å². The Hall–Kier alpha value is -2.37. The molecule has 0 saturated heterocycles. The summed E-state index contributed by atoms with van der Waals surface area (Å²) in [6.45, 7) is 3.19. The maximum atomic E-state index is 13.6. The Morgan fingerprint density at radius 1 is 1.15 bits per heavy atom. The second-order valence-corrected chi connectivity index (χ2v) is 6.26. The third-order valence-corrected chi connectivity index (χ3v) is 4.31. The number of carbonyl (C=O) groups excluding carboxylic acids is 2. The molecule has 7 heteroatoms. The number of anilines is 1. The van der Waals surface area contributed by atoms with Crippen molar-refractivity contribution in [1.29, 1.82) is 0 Å². The van der Waals surface area contributed by atoms with E-state index in [1.807, 2.05) is 0 Å². The molecule has 0 saturated carbocycles. The molecular weight excluding hydrogens is 380 g/mol. The monoisotopic (exact) mass is 395 g/mol. The lowest BCUT2D eigenvalue weighted by molar-refractivity contribution is -0.148. The van der Waals surface area contributed by atoms with Crippen molar-refractivity contribution in [2.45, 2.75) is 20.0 Å². The highest BCUT2D eigenvalue weighted by atomic mass is 35.5. The highest BCUT2D eigenvalue weighted by molar-refractivity contribution is 6.32. The van der Waals surface area contributed by atoms with Crippen molar-refractivity contribution >= 4 is 46.8 Å². The van der Waals surface area contributed by atoms with Crippen molar-refractivity contribution in [3.05, 3.63) is 69.5 Å². The first kappa shape index (κ1) is 19.9. The van der Waals surface area contributed by atoms with Crippen LogP contribution < -0.4 is 5.32 Å². The molecule has 4 nitrogen and oxygen atoms in total. The average molecular weight is 396 g/mol. The summed E-state index contributed by atoms with van der Waals surface area (Å²) in [5.74, 6) is -1.88. The number of benzene rings is 2. The fourth-order valence-electron chi connectivity index (χ4n) is 2.07. The summed E-state index contributed by atoms with van der Waals surface area (Å²) in [6, 6.07) is 9.27. The molecule has 2 rings (SSSR count). The number of hydrogen-bond acceptors (Lipinski definition) is 3. The topological polar surface area (TPSA) is 55.4 Å². The molecule has 0 aliphatic heterocycles. The summed E-state index contributed by atoms with van der Waals surface area (Å²) in [7, 11) is 0. The largest absolute Gasteiger partial charge is 0.449 e. The van der Waals surface area contributed by atoms with Gasteiger partial charge in [-0.15, -0.1) is 0 Å². The molecule has 0 fully saturated rings. The highest BCUT2D eigenvalue weighted by Gasteiger charge is 2.18. The van der Waals surface area contributed by atoms with E-state index in [2.05, 4.69) is 5.32 Å². The van der Waals surface area contributed by atoms with Crippen molar-refractivity contribution in [2.75, 3.05) is 5.32 Å². The Labute approximate surface area is 160 Å². The van der Waals surface area contributed by atoms with Crippen LogP contribution in [0.5, 0.6) is 0 Å². The normalized spacial score (nSPS) is 12.0. The van der Waals surface area contributed by atoms with Gasteiger partial charge in [-0.05, 0) is 49.8 Å². The fourth-order valence-corrected chi connectivity index (χ4v) is 2.47. The van der Waals surface area contributed by atoms with Gasteiger partial charge in [0.1, 0.15) is 5.82 Å². The molecule has 0 spiro atoms. The highest BCUT2D eigenvalue weighted by Crippen LogP contribution is 2.23. The molecule has 0 aliphatic carbocycles. The van der Waals surface area contributed by atoms with E-state index in [1.54, 1.807) is 25.1 Å². The van der Waals surface area contributed by atoms with Gasteiger partial charge in [-0.1, -0.05) is 35.3 Å². The van der Waals surface area contributed by atoms with Crippen LogP contribution in [0.25, 0.3) is 6.08 Å². The first-order valence-electron chi connectivity index (χ1n) is 7.68. The van der Waals surface area contributed by atoms with Gasteiger partial charge in [-0.3, -0.25) is 4.79 Å². The number of nitrogens with one attached hydrogen (secondary N) is 1. The van der Waals surface area contributed by atoms with Gasteiger partial charge in [0.2, 0.25) is 0 Å². The predicted octanol–water partition coefficient (Wildman–Crippen LogP) is 5.02. The van der Waals surface area contributed by atoms with Gasteiger partial charge < -0.3 is 10.1 Å². The Morgan fingerprint density at radius 2 is 1.81 bits per heavy atom. The Balaban J connectivity index is 1.99. The maximum absolute atomic E-state index is 13.6. The number of hydrogen-bond donors (Lipinski definition) is 1. The summed E-state index contributed by atoms with van der Waals surface area (Å²) in [5.41, 5.74) is 1.30. The van der Waals surface area contributed by atoms with Gasteiger partial charge in [0.25, 0.3) is 5.91 Å². The van der Waals surface area contributed by atoms with E-state index >= 15 is 0 Å². The van der Waals surface area contributed by atoms with E-state index in [1.165, 1.54) is 31.2 Å². The molecule has 1 amide bonds. The molecular formula is C19H16Cl2FNO3. The maximum Gasteiger partial charge on any atom is 0.331 e. The molecule has 0 radical (unpaired) electrons. The summed E-state index contributed by atoms with van der Waals surface area (Å²) in [4.78, 5) is 24.0. The third kappa shape index (κ3) is 5.07. The van der Waals surface area contributed by atoms with Crippen LogP contribution in [0.4, 0.5) is 10.1 Å². The third-order valence-electron chi connectivity index (χ3n) is 3.57. The van der Waals surface area contributed by atoms with Gasteiger partial charge >= 0.3 is 5.97 Å². The van der Waals surface area contributed by atoms with Crippen LogP contribution >= 0.6 is 23.2 Å². The lowest BCUT2D eigenvalue weighted by Gasteiger charge is -2.14. The number of amides is 1. The molecule has 0 aromatic heterocycles. The standard InChI is InChI=1S/C19H16Cl2FNO3/c1-11-14(20)5-4-8-17(11)23-19(25)12(2)26-18(24)10-9-13-15(21)6-3-7-16(13)22/h3-10,12H,1-2H3,(H,23,25)/b10-9+/t12-/m0/s1. The molecule has 2 aromatic rings. The predicted molar refractivity (Wildman–Crippen MR) is 101 cm³/mol. The molecule has 0 unspecified atom stereocenters. The molecule has 0 bridgehead atoms. The fraction of sp³-hybridized carbons (Fsp3) is 0.158. The van der Waals surface area contributed by atoms with Crippen LogP contribution in [0.3, 0.4) is 0 Å². The zero-order valence-corrected chi connectivity index (χ0v) is 15.6. The minimum absolute atomic E-state index is 0.0674. The molecule has 0 aliphatic rings. The van der Waals surface area contributed by atoms with Crippen molar-refractivity contribution in [3.63, 3.8) is 0 Å². The van der Waals surface area contributed by atoms with E-state index < -0.39 is 23.8 Å². The summed E-state index contributed by atoms with van der Waals surface area (Å²) < 4.78 is 18.7. The minimum atomic E-state index is -1.05. The van der Waals surface area contributed by atoms with E-state index in [-0.39, 0.29) is 10.6 Å². The van der Waals surface area contributed by atoms with E-state index in [4.69, 9.17) is 27.9 Å². The summed E-state index contributed by atoms with van der Waals surface area (Å²) in [6.07, 6.45) is 1.16. The van der Waals surface area contributed by atoms with E-state index in [0.29, 0.717) is 16.3 Å². The summed E-state index contributed by atoms with van der Waals surface area (Å²) in [5, 5.41) is 3.32.